The standard InChI is InChI=1S/C20H13Br/c21-20-18-9-5-4-8-16(18)12-17-11-10-15(13-19(17)20)14-6-2-1-3-7-14/h1-13H/i4D,5D,8D,9D,10D,11D,12D,13D. The molecule has 21 heavy (non-hydrogen) atoms. The Morgan fingerprint density at radius 2 is 1.48 bits per heavy atom. The maximum Gasteiger partial charge on any atom is 0.0636 e. The van der Waals surface area contributed by atoms with Crippen LogP contribution in [0.4, 0.5) is 0 Å². The molecule has 0 heterocycles. The summed E-state index contributed by atoms with van der Waals surface area (Å²) in [5, 5.41) is 0.268. The third-order valence-corrected chi connectivity index (χ3v) is 4.04. The maximum atomic E-state index is 8.74. The zero-order valence-corrected chi connectivity index (χ0v) is 12.4. The first kappa shape index (κ1) is 6.76. The Bertz CT molecular complexity index is 1330. The molecule has 0 unspecified atom stereocenters. The third kappa shape index (κ3) is 2.14. The molecule has 0 fully saturated rings. The minimum atomic E-state index is -0.466. The molecule has 0 amide bonds. The van der Waals surface area contributed by atoms with Crippen molar-refractivity contribution in [1.82, 2.24) is 0 Å². The molecule has 0 aliphatic carbocycles. The molecule has 0 aromatic heterocycles. The van der Waals surface area contributed by atoms with Crippen molar-refractivity contribution in [3.05, 3.63) is 83.1 Å². The number of rotatable bonds is 1. The fraction of sp³-hybridized carbons (Fsp3) is 0. The molecule has 1 heteroatoms. The molecule has 0 saturated heterocycles. The van der Waals surface area contributed by atoms with Crippen molar-refractivity contribution < 1.29 is 11.0 Å². The molecule has 0 bridgehead atoms. The van der Waals surface area contributed by atoms with E-state index >= 15 is 0 Å². The van der Waals surface area contributed by atoms with Gasteiger partial charge in [0.25, 0.3) is 0 Å². The summed E-state index contributed by atoms with van der Waals surface area (Å²) in [6, 6.07) is 6.42. The van der Waals surface area contributed by atoms with E-state index in [0.29, 0.717) is 5.56 Å². The summed E-state index contributed by atoms with van der Waals surface area (Å²) in [7, 11) is 0. The lowest BCUT2D eigenvalue weighted by Gasteiger charge is -2.09. The van der Waals surface area contributed by atoms with Crippen molar-refractivity contribution >= 4 is 37.5 Å². The summed E-state index contributed by atoms with van der Waals surface area (Å²) >= 11 is 3.38. The lowest BCUT2D eigenvalue weighted by molar-refractivity contribution is 1.64. The van der Waals surface area contributed by atoms with Crippen LogP contribution in [0, 0.1) is 0 Å². The zero-order valence-electron chi connectivity index (χ0n) is 18.8. The van der Waals surface area contributed by atoms with E-state index in [1.54, 1.807) is 30.3 Å². The van der Waals surface area contributed by atoms with Crippen LogP contribution in [0.2, 0.25) is 0 Å². The average Bonchev–Trinajstić information content (AvgIpc) is 2.71. The second-order valence-electron chi connectivity index (χ2n) is 4.56. The van der Waals surface area contributed by atoms with Crippen LogP contribution in [0.15, 0.2) is 83.1 Å². The van der Waals surface area contributed by atoms with Gasteiger partial charge in [0.2, 0.25) is 0 Å². The van der Waals surface area contributed by atoms with Crippen LogP contribution >= 0.6 is 15.9 Å². The van der Waals surface area contributed by atoms with Gasteiger partial charge in [-0.25, -0.2) is 0 Å². The van der Waals surface area contributed by atoms with Crippen LogP contribution in [0.5, 0.6) is 0 Å². The summed E-state index contributed by atoms with van der Waals surface area (Å²) in [6.45, 7) is 0. The van der Waals surface area contributed by atoms with Gasteiger partial charge in [0.1, 0.15) is 0 Å². The van der Waals surface area contributed by atoms with E-state index in [2.05, 4.69) is 15.9 Å². The van der Waals surface area contributed by atoms with Crippen molar-refractivity contribution in [2.45, 2.75) is 0 Å². The summed E-state index contributed by atoms with van der Waals surface area (Å²) in [5.41, 5.74) is 0.828. The predicted octanol–water partition coefficient (Wildman–Crippen LogP) is 6.42. The van der Waals surface area contributed by atoms with Crippen LogP contribution in [-0.4, -0.2) is 0 Å². The van der Waals surface area contributed by atoms with Gasteiger partial charge in [0, 0.05) is 4.47 Å². The van der Waals surface area contributed by atoms with Gasteiger partial charge >= 0.3 is 0 Å². The predicted molar refractivity (Wildman–Crippen MR) is 94.6 cm³/mol. The molecule has 0 aliphatic rings. The second-order valence-corrected chi connectivity index (χ2v) is 5.35. The van der Waals surface area contributed by atoms with Crippen molar-refractivity contribution in [2.75, 3.05) is 0 Å². The molecule has 4 aromatic carbocycles. The van der Waals surface area contributed by atoms with Crippen LogP contribution in [0.25, 0.3) is 32.7 Å². The lowest BCUT2D eigenvalue weighted by Crippen LogP contribution is -1.82. The highest BCUT2D eigenvalue weighted by Gasteiger charge is 2.06. The molecular weight excluding hydrogens is 320 g/mol. The molecule has 0 nitrogen and oxygen atoms in total. The maximum absolute atomic E-state index is 8.74. The van der Waals surface area contributed by atoms with E-state index in [-0.39, 0.29) is 67.8 Å². The Morgan fingerprint density at radius 3 is 2.33 bits per heavy atom. The van der Waals surface area contributed by atoms with Crippen LogP contribution in [0.1, 0.15) is 11.0 Å². The topological polar surface area (TPSA) is 0 Å². The van der Waals surface area contributed by atoms with Gasteiger partial charge < -0.3 is 0 Å². The van der Waals surface area contributed by atoms with Crippen molar-refractivity contribution in [3.63, 3.8) is 0 Å². The number of benzene rings is 4. The monoisotopic (exact) mass is 340 g/mol. The van der Waals surface area contributed by atoms with Gasteiger partial charge in [-0.15, -0.1) is 0 Å². The number of halogens is 1. The van der Waals surface area contributed by atoms with Crippen LogP contribution in [-0.2, 0) is 0 Å². The minimum absolute atomic E-state index is 0.0177. The summed E-state index contributed by atoms with van der Waals surface area (Å²) in [5.74, 6) is 0. The fourth-order valence-electron chi connectivity index (χ4n) is 2.23. The van der Waals surface area contributed by atoms with Crippen LogP contribution < -0.4 is 0 Å². The lowest BCUT2D eigenvalue weighted by atomic mass is 9.98. The number of hydrogen-bond donors (Lipinski definition) is 0. The zero-order chi connectivity index (χ0) is 21.2. The third-order valence-electron chi connectivity index (χ3n) is 3.25. The van der Waals surface area contributed by atoms with Crippen LogP contribution in [0.3, 0.4) is 0 Å². The Labute approximate surface area is 143 Å². The molecule has 0 N–H and O–H groups in total. The number of hydrogen-bond acceptors (Lipinski definition) is 0. The highest BCUT2D eigenvalue weighted by Crippen LogP contribution is 2.35. The molecule has 4 aromatic rings. The van der Waals surface area contributed by atoms with Gasteiger partial charge in [-0.2, -0.15) is 0 Å². The minimum Gasteiger partial charge on any atom is -0.0622 e. The Hall–Kier alpha value is -2.12. The normalized spacial score (nSPS) is 16.4. The Morgan fingerprint density at radius 1 is 0.714 bits per heavy atom. The van der Waals surface area contributed by atoms with E-state index in [1.165, 1.54) is 0 Å². The largest absolute Gasteiger partial charge is 0.0636 e. The molecule has 4 rings (SSSR count). The quantitative estimate of drug-likeness (QED) is 0.350. The molecule has 0 saturated carbocycles. The van der Waals surface area contributed by atoms with E-state index in [4.69, 9.17) is 11.0 Å². The van der Waals surface area contributed by atoms with E-state index in [1.807, 2.05) is 0 Å². The smallest absolute Gasteiger partial charge is 0.0622 e. The molecule has 0 spiro atoms. The van der Waals surface area contributed by atoms with Gasteiger partial charge in [0.15, 0.2) is 0 Å². The Kier molecular flexibility index (Phi) is 1.61. The molecule has 0 radical (unpaired) electrons. The molecule has 0 aliphatic heterocycles. The number of fused-ring (bicyclic) bond motifs is 2. The van der Waals surface area contributed by atoms with Crippen molar-refractivity contribution in [2.24, 2.45) is 0 Å². The second kappa shape index (κ2) is 5.01. The first-order valence-corrected chi connectivity index (χ1v) is 7.14. The summed E-state index contributed by atoms with van der Waals surface area (Å²) in [4.78, 5) is 0. The van der Waals surface area contributed by atoms with Gasteiger partial charge in [-0.3, -0.25) is 0 Å². The average molecular weight is 341 g/mol. The van der Waals surface area contributed by atoms with Gasteiger partial charge in [0.05, 0.1) is 11.0 Å². The van der Waals surface area contributed by atoms with E-state index in [0.717, 1.165) is 0 Å². The first-order chi connectivity index (χ1) is 13.7. The highest BCUT2D eigenvalue weighted by molar-refractivity contribution is 9.10. The first-order valence-electron chi connectivity index (χ1n) is 10.3. The molecular formula is C20H13Br. The molecule has 100 valence electrons. The SMILES string of the molecule is [2H]c1c([2H])c([2H])c2c(Br)c3c([2H])c(-c4ccccc4)c([2H])c([2H])c3c([2H])c2c1[2H]. The molecule has 0 atom stereocenters. The van der Waals surface area contributed by atoms with Crippen molar-refractivity contribution in [1.29, 1.82) is 0 Å². The highest BCUT2D eigenvalue weighted by atomic mass is 79.9. The van der Waals surface area contributed by atoms with Gasteiger partial charge in [-0.05, 0) is 60.7 Å². The fourth-order valence-corrected chi connectivity index (χ4v) is 2.83. The summed E-state index contributed by atoms with van der Waals surface area (Å²) < 4.78 is 66.8. The van der Waals surface area contributed by atoms with Gasteiger partial charge in [-0.1, -0.05) is 66.6 Å². The summed E-state index contributed by atoms with van der Waals surface area (Å²) in [6.07, 6.45) is 0. The van der Waals surface area contributed by atoms with E-state index < -0.39 is 12.1 Å². The van der Waals surface area contributed by atoms with Crippen molar-refractivity contribution in [3.8, 4) is 11.1 Å². The Balaban J connectivity index is 2.34. The van der Waals surface area contributed by atoms with E-state index in [9.17, 15) is 0 Å².